The molecule has 2 bridgehead atoms. The van der Waals surface area contributed by atoms with Crippen molar-refractivity contribution in [2.24, 2.45) is 16.7 Å². The van der Waals surface area contributed by atoms with Crippen LogP contribution in [0.25, 0.3) is 10.8 Å². The fourth-order valence-corrected chi connectivity index (χ4v) is 5.37. The summed E-state index contributed by atoms with van der Waals surface area (Å²) in [6.45, 7) is 7.12. The van der Waals surface area contributed by atoms with Crippen molar-refractivity contribution in [2.45, 2.75) is 45.6 Å². The van der Waals surface area contributed by atoms with Gasteiger partial charge in [0.15, 0.2) is 0 Å². The normalized spacial score (nSPS) is 37.2. The molecule has 0 unspecified atom stereocenters. The maximum atomic E-state index is 11.0. The monoisotopic (exact) mass is 280 g/mol. The third-order valence-electron chi connectivity index (χ3n) is 6.97. The molecular formula is C20H24O. The molecule has 0 spiro atoms. The summed E-state index contributed by atoms with van der Waals surface area (Å²) < 4.78 is 0. The second kappa shape index (κ2) is 4.10. The van der Waals surface area contributed by atoms with Crippen LogP contribution >= 0.6 is 0 Å². The van der Waals surface area contributed by atoms with Gasteiger partial charge in [-0.25, -0.2) is 0 Å². The first-order chi connectivity index (χ1) is 9.97. The smallest absolute Gasteiger partial charge is 0.0647 e. The third kappa shape index (κ3) is 1.51. The van der Waals surface area contributed by atoms with Crippen molar-refractivity contribution >= 4 is 10.8 Å². The minimum Gasteiger partial charge on any atom is -0.392 e. The lowest BCUT2D eigenvalue weighted by Crippen LogP contribution is -2.33. The molecule has 0 heterocycles. The van der Waals surface area contributed by atoms with Crippen molar-refractivity contribution in [3.8, 4) is 0 Å². The summed E-state index contributed by atoms with van der Waals surface area (Å²) in [6.07, 6.45) is 2.20. The Labute approximate surface area is 127 Å². The fourth-order valence-electron chi connectivity index (χ4n) is 5.37. The Kier molecular flexibility index (Phi) is 2.60. The van der Waals surface area contributed by atoms with Gasteiger partial charge in [-0.1, -0.05) is 63.2 Å². The van der Waals surface area contributed by atoms with E-state index in [0.29, 0.717) is 5.92 Å². The van der Waals surface area contributed by atoms with Crippen LogP contribution in [0.15, 0.2) is 42.5 Å². The van der Waals surface area contributed by atoms with Crippen LogP contribution in [0, 0.1) is 16.7 Å². The van der Waals surface area contributed by atoms with Crippen LogP contribution in [0.3, 0.4) is 0 Å². The lowest BCUT2D eigenvalue weighted by Gasteiger charge is -2.40. The van der Waals surface area contributed by atoms with Crippen LogP contribution < -0.4 is 0 Å². The molecule has 2 aliphatic rings. The standard InChI is InChI=1S/C20H24O/c1-19(2)16-11-12-20(19,3)17(18(16)21)15-10-6-8-13-7-4-5-9-14(13)15/h4-10,16-18,21H,11-12H2,1-3H3/t16-,17-,18-,20+/m1/s1. The molecule has 2 fully saturated rings. The highest BCUT2D eigenvalue weighted by molar-refractivity contribution is 5.86. The van der Waals surface area contributed by atoms with Crippen LogP contribution in [0.5, 0.6) is 0 Å². The number of aliphatic hydroxyl groups excluding tert-OH is 1. The van der Waals surface area contributed by atoms with Crippen LogP contribution in [0.4, 0.5) is 0 Å². The van der Waals surface area contributed by atoms with Gasteiger partial charge in [-0.15, -0.1) is 0 Å². The van der Waals surface area contributed by atoms with Gasteiger partial charge in [0.2, 0.25) is 0 Å². The second-order valence-corrected chi connectivity index (χ2v) is 7.82. The number of hydrogen-bond acceptors (Lipinski definition) is 1. The summed E-state index contributed by atoms with van der Waals surface area (Å²) in [7, 11) is 0. The molecule has 4 rings (SSSR count). The molecular weight excluding hydrogens is 256 g/mol. The van der Waals surface area contributed by atoms with Gasteiger partial charge < -0.3 is 5.11 Å². The lowest BCUT2D eigenvalue weighted by molar-refractivity contribution is 0.0737. The Hall–Kier alpha value is -1.34. The molecule has 0 amide bonds. The Morgan fingerprint density at radius 3 is 2.43 bits per heavy atom. The van der Waals surface area contributed by atoms with E-state index in [9.17, 15) is 5.11 Å². The van der Waals surface area contributed by atoms with E-state index in [1.54, 1.807) is 0 Å². The number of rotatable bonds is 1. The van der Waals surface area contributed by atoms with E-state index >= 15 is 0 Å². The van der Waals surface area contributed by atoms with E-state index in [4.69, 9.17) is 0 Å². The molecule has 1 nitrogen and oxygen atoms in total. The average Bonchev–Trinajstić information content (AvgIpc) is 2.77. The van der Waals surface area contributed by atoms with Gasteiger partial charge >= 0.3 is 0 Å². The van der Waals surface area contributed by atoms with Crippen LogP contribution in [-0.4, -0.2) is 11.2 Å². The maximum absolute atomic E-state index is 11.0. The number of hydrogen-bond donors (Lipinski definition) is 1. The molecule has 21 heavy (non-hydrogen) atoms. The zero-order valence-corrected chi connectivity index (χ0v) is 13.1. The fraction of sp³-hybridized carbons (Fsp3) is 0.500. The minimum absolute atomic E-state index is 0.196. The Balaban J connectivity index is 1.94. The Bertz CT molecular complexity index is 697. The number of benzene rings is 2. The first-order valence-corrected chi connectivity index (χ1v) is 8.12. The van der Waals surface area contributed by atoms with E-state index in [1.807, 2.05) is 0 Å². The highest BCUT2D eigenvalue weighted by atomic mass is 16.3. The predicted molar refractivity (Wildman–Crippen MR) is 87.3 cm³/mol. The number of fused-ring (bicyclic) bond motifs is 3. The Morgan fingerprint density at radius 2 is 1.71 bits per heavy atom. The highest BCUT2D eigenvalue weighted by Gasteiger charge is 2.66. The predicted octanol–water partition coefficient (Wildman–Crippen LogP) is 4.74. The maximum Gasteiger partial charge on any atom is 0.0647 e. The van der Waals surface area contributed by atoms with Gasteiger partial charge in [0.05, 0.1) is 6.10 Å². The molecule has 2 aromatic carbocycles. The zero-order valence-electron chi connectivity index (χ0n) is 13.1. The van der Waals surface area contributed by atoms with Crippen molar-refractivity contribution in [3.63, 3.8) is 0 Å². The van der Waals surface area contributed by atoms with Crippen LogP contribution in [0.1, 0.15) is 45.1 Å². The van der Waals surface area contributed by atoms with E-state index in [-0.39, 0.29) is 22.9 Å². The first kappa shape index (κ1) is 13.3. The van der Waals surface area contributed by atoms with Gasteiger partial charge in [-0.05, 0) is 45.9 Å². The van der Waals surface area contributed by atoms with Crippen molar-refractivity contribution in [3.05, 3.63) is 48.0 Å². The largest absolute Gasteiger partial charge is 0.392 e. The molecule has 2 aromatic rings. The highest BCUT2D eigenvalue weighted by Crippen LogP contribution is 2.71. The van der Waals surface area contributed by atoms with Crippen LogP contribution in [0.2, 0.25) is 0 Å². The van der Waals surface area contributed by atoms with E-state index < -0.39 is 0 Å². The molecule has 1 N–H and O–H groups in total. The Morgan fingerprint density at radius 1 is 1.00 bits per heavy atom. The van der Waals surface area contributed by atoms with Crippen molar-refractivity contribution in [1.82, 2.24) is 0 Å². The summed E-state index contributed by atoms with van der Waals surface area (Å²) in [5.74, 6) is 0.698. The van der Waals surface area contributed by atoms with E-state index in [1.165, 1.54) is 29.2 Å². The molecule has 2 saturated carbocycles. The third-order valence-corrected chi connectivity index (χ3v) is 6.97. The quantitative estimate of drug-likeness (QED) is 0.800. The molecule has 0 aliphatic heterocycles. The lowest BCUT2D eigenvalue weighted by atomic mass is 9.64. The minimum atomic E-state index is -0.204. The van der Waals surface area contributed by atoms with Gasteiger partial charge in [0.25, 0.3) is 0 Å². The van der Waals surface area contributed by atoms with Gasteiger partial charge in [-0.3, -0.25) is 0 Å². The summed E-state index contributed by atoms with van der Waals surface area (Å²) in [5, 5.41) is 13.6. The second-order valence-electron chi connectivity index (χ2n) is 7.82. The summed E-state index contributed by atoms with van der Waals surface area (Å²) >= 11 is 0. The van der Waals surface area contributed by atoms with Crippen LogP contribution in [-0.2, 0) is 0 Å². The van der Waals surface area contributed by atoms with Crippen molar-refractivity contribution < 1.29 is 5.11 Å². The molecule has 0 saturated heterocycles. The van der Waals surface area contributed by atoms with Crippen molar-refractivity contribution in [2.75, 3.05) is 0 Å². The molecule has 110 valence electrons. The topological polar surface area (TPSA) is 20.2 Å². The van der Waals surface area contributed by atoms with Crippen molar-refractivity contribution in [1.29, 1.82) is 0 Å². The average molecular weight is 280 g/mol. The summed E-state index contributed by atoms with van der Waals surface area (Å²) in [4.78, 5) is 0. The first-order valence-electron chi connectivity index (χ1n) is 8.12. The SMILES string of the molecule is CC1(C)[C@@H]2CC[C@@]1(C)[C@H](c1cccc3ccccc13)[C@@H]2O. The summed E-state index contributed by atoms with van der Waals surface area (Å²) in [5.41, 5.74) is 1.76. The molecule has 2 aliphatic carbocycles. The molecule has 1 heteroatoms. The molecule has 0 aromatic heterocycles. The van der Waals surface area contributed by atoms with E-state index in [0.717, 1.165) is 0 Å². The zero-order chi connectivity index (χ0) is 14.8. The van der Waals surface area contributed by atoms with Gasteiger partial charge in [0.1, 0.15) is 0 Å². The number of aliphatic hydroxyl groups is 1. The summed E-state index contributed by atoms with van der Waals surface area (Å²) in [6, 6.07) is 15.1. The van der Waals surface area contributed by atoms with E-state index in [2.05, 4.69) is 63.2 Å². The molecule has 4 atom stereocenters. The molecule has 0 radical (unpaired) electrons. The van der Waals surface area contributed by atoms with Gasteiger partial charge in [0, 0.05) is 5.92 Å². The van der Waals surface area contributed by atoms with Gasteiger partial charge in [-0.2, -0.15) is 0 Å².